The number of amides is 1. The molecule has 26 heavy (non-hydrogen) atoms. The zero-order chi connectivity index (χ0) is 18.7. The highest BCUT2D eigenvalue weighted by Crippen LogP contribution is 2.27. The van der Waals surface area contributed by atoms with E-state index < -0.39 is 5.25 Å². The minimum absolute atomic E-state index is 0.278. The summed E-state index contributed by atoms with van der Waals surface area (Å²) in [5.74, 6) is 5.74. The average Bonchev–Trinajstić information content (AvgIpc) is 3.22. The fourth-order valence-electron chi connectivity index (χ4n) is 2.07. The summed E-state index contributed by atoms with van der Waals surface area (Å²) in [6.07, 6.45) is 0. The van der Waals surface area contributed by atoms with Crippen LogP contribution in [0.4, 0.5) is 9.39 Å². The Bertz CT molecular complexity index is 976. The number of benzene rings is 1. The van der Waals surface area contributed by atoms with Gasteiger partial charge in [-0.3, -0.25) is 4.79 Å². The number of aromatic nitrogens is 3. The van der Waals surface area contributed by atoms with Crippen LogP contribution in [-0.2, 0) is 4.79 Å². The predicted molar refractivity (Wildman–Crippen MR) is 98.5 cm³/mol. The number of nitrogens with zero attached hydrogens (tertiary/aromatic N) is 4. The molecule has 1 atom stereocenters. The molecule has 3 N–H and O–H groups in total. The fourth-order valence-corrected chi connectivity index (χ4v) is 3.58. The molecule has 0 aliphatic carbocycles. The smallest absolute Gasteiger partial charge is 0.238 e. The quantitative estimate of drug-likeness (QED) is 0.514. The number of thiophene rings is 1. The molecule has 0 aliphatic rings. The van der Waals surface area contributed by atoms with Crippen molar-refractivity contribution in [3.8, 4) is 17.5 Å². The number of carbonyl (C=O) groups is 1. The van der Waals surface area contributed by atoms with Gasteiger partial charge in [-0.2, -0.15) is 5.26 Å². The van der Waals surface area contributed by atoms with E-state index in [4.69, 9.17) is 11.1 Å². The minimum Gasteiger partial charge on any atom is -0.335 e. The highest BCUT2D eigenvalue weighted by Gasteiger charge is 2.21. The van der Waals surface area contributed by atoms with Crippen molar-refractivity contribution >= 4 is 34.0 Å². The van der Waals surface area contributed by atoms with E-state index in [0.29, 0.717) is 27.1 Å². The third-order valence-electron chi connectivity index (χ3n) is 3.44. The van der Waals surface area contributed by atoms with E-state index in [2.05, 4.69) is 15.5 Å². The van der Waals surface area contributed by atoms with Crippen LogP contribution < -0.4 is 11.2 Å². The summed E-state index contributed by atoms with van der Waals surface area (Å²) in [4.78, 5) is 12.3. The van der Waals surface area contributed by atoms with Crippen molar-refractivity contribution in [1.82, 2.24) is 14.9 Å². The van der Waals surface area contributed by atoms with E-state index in [-0.39, 0.29) is 11.7 Å². The van der Waals surface area contributed by atoms with Crippen LogP contribution in [-0.4, -0.2) is 26.0 Å². The van der Waals surface area contributed by atoms with Crippen LogP contribution in [0.3, 0.4) is 0 Å². The molecule has 2 aromatic heterocycles. The van der Waals surface area contributed by atoms with Gasteiger partial charge in [0.15, 0.2) is 5.82 Å². The summed E-state index contributed by atoms with van der Waals surface area (Å²) in [5, 5.41) is 21.8. The molecule has 0 radical (unpaired) electrons. The van der Waals surface area contributed by atoms with Gasteiger partial charge >= 0.3 is 0 Å². The third kappa shape index (κ3) is 3.68. The Morgan fingerprint density at radius 1 is 1.38 bits per heavy atom. The lowest BCUT2D eigenvalue weighted by atomic mass is 10.2. The summed E-state index contributed by atoms with van der Waals surface area (Å²) in [7, 11) is 0. The van der Waals surface area contributed by atoms with Crippen LogP contribution in [0, 0.1) is 17.1 Å². The second-order valence-electron chi connectivity index (χ2n) is 5.21. The van der Waals surface area contributed by atoms with Crippen molar-refractivity contribution in [1.29, 1.82) is 5.26 Å². The number of nitriles is 1. The Labute approximate surface area is 156 Å². The van der Waals surface area contributed by atoms with Crippen LogP contribution in [0.2, 0.25) is 0 Å². The van der Waals surface area contributed by atoms with Crippen molar-refractivity contribution in [2.75, 3.05) is 11.2 Å². The number of anilines is 1. The molecule has 0 bridgehead atoms. The van der Waals surface area contributed by atoms with Gasteiger partial charge in [0, 0.05) is 5.56 Å². The first-order chi connectivity index (χ1) is 12.5. The van der Waals surface area contributed by atoms with E-state index in [1.54, 1.807) is 30.5 Å². The van der Waals surface area contributed by atoms with E-state index in [9.17, 15) is 9.18 Å². The van der Waals surface area contributed by atoms with Gasteiger partial charge in [0.05, 0.1) is 10.8 Å². The van der Waals surface area contributed by atoms with Crippen LogP contribution in [0.25, 0.3) is 11.4 Å². The predicted octanol–water partition coefficient (Wildman–Crippen LogP) is 2.85. The number of nitrogens with one attached hydrogen (secondary N) is 1. The molecule has 0 unspecified atom stereocenters. The van der Waals surface area contributed by atoms with E-state index in [1.807, 2.05) is 6.07 Å². The highest BCUT2D eigenvalue weighted by atomic mass is 32.2. The standard InChI is InChI=1S/C16H13FN6OS2/c1-9(14(24)20-15-11(8-18)6-7-25-15)26-16-22-21-13(23(16)19)10-2-4-12(17)5-3-10/h2-7,9H,19H2,1H3,(H,20,24)/t9-/m1/s1. The Hall–Kier alpha value is -2.90. The van der Waals surface area contributed by atoms with Gasteiger partial charge in [-0.1, -0.05) is 11.8 Å². The molecule has 3 rings (SSSR count). The molecular formula is C16H13FN6OS2. The number of nitrogens with two attached hydrogens (primary N) is 1. The van der Waals surface area contributed by atoms with Crippen molar-refractivity contribution < 1.29 is 9.18 Å². The van der Waals surface area contributed by atoms with Crippen molar-refractivity contribution in [3.05, 3.63) is 47.1 Å². The average molecular weight is 388 g/mol. The van der Waals surface area contributed by atoms with Crippen LogP contribution in [0.1, 0.15) is 12.5 Å². The first-order valence-corrected chi connectivity index (χ1v) is 9.17. The first-order valence-electron chi connectivity index (χ1n) is 7.41. The summed E-state index contributed by atoms with van der Waals surface area (Å²) in [5.41, 5.74) is 1.03. The topological polar surface area (TPSA) is 110 Å². The van der Waals surface area contributed by atoms with Crippen molar-refractivity contribution in [2.45, 2.75) is 17.3 Å². The van der Waals surface area contributed by atoms with Crippen LogP contribution in [0.15, 0.2) is 40.9 Å². The third-order valence-corrected chi connectivity index (χ3v) is 5.33. The molecule has 0 saturated carbocycles. The summed E-state index contributed by atoms with van der Waals surface area (Å²) in [6, 6.07) is 9.37. The Morgan fingerprint density at radius 3 is 2.81 bits per heavy atom. The molecule has 1 aromatic carbocycles. The zero-order valence-corrected chi connectivity index (χ0v) is 15.1. The number of hydrogen-bond acceptors (Lipinski definition) is 7. The van der Waals surface area contributed by atoms with Gasteiger partial charge in [0.1, 0.15) is 16.9 Å². The zero-order valence-electron chi connectivity index (χ0n) is 13.5. The van der Waals surface area contributed by atoms with Gasteiger partial charge in [-0.15, -0.1) is 21.5 Å². The molecule has 132 valence electrons. The van der Waals surface area contributed by atoms with Crippen LogP contribution in [0.5, 0.6) is 0 Å². The lowest BCUT2D eigenvalue weighted by molar-refractivity contribution is -0.115. The van der Waals surface area contributed by atoms with Gasteiger partial charge in [0.2, 0.25) is 11.1 Å². The van der Waals surface area contributed by atoms with Gasteiger partial charge in [0.25, 0.3) is 0 Å². The second-order valence-corrected chi connectivity index (χ2v) is 7.43. The maximum atomic E-state index is 13.0. The maximum absolute atomic E-state index is 13.0. The number of carbonyl (C=O) groups excluding carboxylic acids is 1. The fraction of sp³-hybridized carbons (Fsp3) is 0.125. The Morgan fingerprint density at radius 2 is 2.12 bits per heavy atom. The maximum Gasteiger partial charge on any atom is 0.238 e. The van der Waals surface area contributed by atoms with Crippen molar-refractivity contribution in [3.63, 3.8) is 0 Å². The van der Waals surface area contributed by atoms with Gasteiger partial charge < -0.3 is 11.2 Å². The molecule has 0 fully saturated rings. The molecule has 10 heteroatoms. The molecule has 0 saturated heterocycles. The van der Waals surface area contributed by atoms with Gasteiger partial charge in [-0.25, -0.2) is 9.07 Å². The highest BCUT2D eigenvalue weighted by molar-refractivity contribution is 8.00. The van der Waals surface area contributed by atoms with E-state index in [1.165, 1.54) is 28.1 Å². The van der Waals surface area contributed by atoms with Crippen LogP contribution >= 0.6 is 23.1 Å². The number of thioether (sulfide) groups is 1. The molecule has 2 heterocycles. The SMILES string of the molecule is C[C@@H](Sc1nnc(-c2ccc(F)cc2)n1N)C(=O)Nc1sccc1C#N. The molecule has 3 aromatic rings. The Balaban J connectivity index is 1.72. The monoisotopic (exact) mass is 388 g/mol. The summed E-state index contributed by atoms with van der Waals surface area (Å²) in [6.45, 7) is 1.70. The largest absolute Gasteiger partial charge is 0.335 e. The number of nitrogen functional groups attached to an aromatic ring is 1. The Kier molecular flexibility index (Phi) is 5.20. The lowest BCUT2D eigenvalue weighted by Crippen LogP contribution is -2.23. The number of halogens is 1. The molecular weight excluding hydrogens is 375 g/mol. The van der Waals surface area contributed by atoms with E-state index >= 15 is 0 Å². The van der Waals surface area contributed by atoms with E-state index in [0.717, 1.165) is 11.8 Å². The summed E-state index contributed by atoms with van der Waals surface area (Å²) >= 11 is 2.41. The first kappa shape index (κ1) is 17.9. The summed E-state index contributed by atoms with van der Waals surface area (Å²) < 4.78 is 14.3. The van der Waals surface area contributed by atoms with Crippen molar-refractivity contribution in [2.24, 2.45) is 0 Å². The number of rotatable bonds is 5. The lowest BCUT2D eigenvalue weighted by Gasteiger charge is -2.10. The molecule has 7 nitrogen and oxygen atoms in total. The molecule has 1 amide bonds. The molecule has 0 aliphatic heterocycles. The second kappa shape index (κ2) is 7.55. The molecule has 0 spiro atoms. The van der Waals surface area contributed by atoms with Gasteiger partial charge in [-0.05, 0) is 42.6 Å². The number of hydrogen-bond donors (Lipinski definition) is 2. The normalized spacial score (nSPS) is 11.7. The minimum atomic E-state index is -0.517.